The molecule has 0 saturated carbocycles. The third-order valence-electron chi connectivity index (χ3n) is 2.28. The predicted octanol–water partition coefficient (Wildman–Crippen LogP) is 0.952. The third-order valence-corrected chi connectivity index (χ3v) is 2.49. The summed E-state index contributed by atoms with van der Waals surface area (Å²) in [7, 11) is 0. The van der Waals surface area contributed by atoms with Gasteiger partial charge in [-0.1, -0.05) is 17.7 Å². The summed E-state index contributed by atoms with van der Waals surface area (Å²) >= 11 is 5.72. The van der Waals surface area contributed by atoms with Crippen LogP contribution in [0.3, 0.4) is 0 Å². The fraction of sp³-hybridized carbons (Fsp3) is 0.300. The second-order valence-corrected chi connectivity index (χ2v) is 3.88. The Morgan fingerprint density at radius 2 is 2.25 bits per heavy atom. The Kier molecular flexibility index (Phi) is 3.05. The fourth-order valence-electron chi connectivity index (χ4n) is 1.50. The normalized spacial score (nSPS) is 20.4. The molecule has 1 atom stereocenters. The molecule has 1 aliphatic heterocycles. The number of carbonyl (C=O) groups is 2. The van der Waals surface area contributed by atoms with E-state index in [-0.39, 0.29) is 11.8 Å². The van der Waals surface area contributed by atoms with E-state index < -0.39 is 6.04 Å². The molecule has 2 rings (SSSR count). The van der Waals surface area contributed by atoms with E-state index in [1.165, 1.54) is 0 Å². The molecule has 2 N–H and O–H groups in total. The van der Waals surface area contributed by atoms with Crippen molar-refractivity contribution < 1.29 is 9.59 Å². The first-order chi connectivity index (χ1) is 7.65. The number of piperidine rings is 1. The van der Waals surface area contributed by atoms with Gasteiger partial charge in [-0.3, -0.25) is 14.9 Å². The van der Waals surface area contributed by atoms with Gasteiger partial charge in [0.25, 0.3) is 0 Å². The molecule has 1 unspecified atom stereocenters. The maximum absolute atomic E-state index is 11.4. The van der Waals surface area contributed by atoms with E-state index in [0.717, 1.165) is 0 Å². The zero-order valence-electron chi connectivity index (χ0n) is 8.37. The van der Waals surface area contributed by atoms with Crippen LogP contribution >= 0.6 is 11.6 Å². The molecule has 1 aromatic heterocycles. The molecule has 0 spiro atoms. The van der Waals surface area contributed by atoms with Gasteiger partial charge < -0.3 is 5.32 Å². The molecule has 6 heteroatoms. The summed E-state index contributed by atoms with van der Waals surface area (Å²) in [5, 5.41) is 5.55. The molecule has 1 aromatic rings. The van der Waals surface area contributed by atoms with Crippen LogP contribution < -0.4 is 10.6 Å². The van der Waals surface area contributed by atoms with Crippen molar-refractivity contribution >= 4 is 29.2 Å². The van der Waals surface area contributed by atoms with Crippen LogP contribution in [-0.4, -0.2) is 22.8 Å². The average molecular weight is 240 g/mol. The van der Waals surface area contributed by atoms with Gasteiger partial charge in [-0.2, -0.15) is 0 Å². The Labute approximate surface area is 97.2 Å². The summed E-state index contributed by atoms with van der Waals surface area (Å²) < 4.78 is 0. The lowest BCUT2D eigenvalue weighted by atomic mass is 10.1. The van der Waals surface area contributed by atoms with Gasteiger partial charge >= 0.3 is 0 Å². The standard InChI is InChI=1S/C10H10ClN3O2/c11-7-2-1-3-8(13-7)12-6-4-5-9(15)14-10(6)16/h1-3,6H,4-5H2,(H,12,13)(H,14,15,16). The molecule has 2 heterocycles. The molecule has 5 nitrogen and oxygen atoms in total. The molecule has 1 fully saturated rings. The van der Waals surface area contributed by atoms with E-state index in [4.69, 9.17) is 11.6 Å². The third kappa shape index (κ3) is 2.49. The van der Waals surface area contributed by atoms with E-state index in [9.17, 15) is 9.59 Å². The van der Waals surface area contributed by atoms with E-state index >= 15 is 0 Å². The van der Waals surface area contributed by atoms with Crippen molar-refractivity contribution in [1.82, 2.24) is 10.3 Å². The molecule has 0 radical (unpaired) electrons. The summed E-state index contributed by atoms with van der Waals surface area (Å²) in [6.45, 7) is 0. The van der Waals surface area contributed by atoms with Crippen LogP contribution in [0.1, 0.15) is 12.8 Å². The molecular weight excluding hydrogens is 230 g/mol. The molecular formula is C10H10ClN3O2. The minimum atomic E-state index is -0.427. The van der Waals surface area contributed by atoms with E-state index in [0.29, 0.717) is 23.8 Å². The summed E-state index contributed by atoms with van der Waals surface area (Å²) in [6.07, 6.45) is 0.808. The van der Waals surface area contributed by atoms with Crippen molar-refractivity contribution in [3.63, 3.8) is 0 Å². The Bertz CT molecular complexity index is 436. The Morgan fingerprint density at radius 3 is 2.94 bits per heavy atom. The van der Waals surface area contributed by atoms with Crippen molar-refractivity contribution in [3.8, 4) is 0 Å². The number of amides is 2. The molecule has 84 valence electrons. The number of nitrogens with one attached hydrogen (secondary N) is 2. The van der Waals surface area contributed by atoms with Crippen LogP contribution in [0.15, 0.2) is 18.2 Å². The average Bonchev–Trinajstić information content (AvgIpc) is 2.22. The number of rotatable bonds is 2. The van der Waals surface area contributed by atoms with Crippen LogP contribution in [0, 0.1) is 0 Å². The monoisotopic (exact) mass is 239 g/mol. The highest BCUT2D eigenvalue weighted by molar-refractivity contribution is 6.29. The zero-order valence-corrected chi connectivity index (χ0v) is 9.12. The van der Waals surface area contributed by atoms with Crippen molar-refractivity contribution in [2.45, 2.75) is 18.9 Å². The predicted molar refractivity (Wildman–Crippen MR) is 59.0 cm³/mol. The van der Waals surface area contributed by atoms with Crippen LogP contribution in [0.2, 0.25) is 5.15 Å². The maximum atomic E-state index is 11.4. The summed E-state index contributed by atoms with van der Waals surface area (Å²) in [5.74, 6) is -0.0258. The summed E-state index contributed by atoms with van der Waals surface area (Å²) in [4.78, 5) is 26.4. The highest BCUT2D eigenvalue weighted by atomic mass is 35.5. The Morgan fingerprint density at radius 1 is 1.44 bits per heavy atom. The molecule has 1 saturated heterocycles. The van der Waals surface area contributed by atoms with E-state index in [1.54, 1.807) is 18.2 Å². The molecule has 0 bridgehead atoms. The number of hydrogen-bond donors (Lipinski definition) is 2. The van der Waals surface area contributed by atoms with Gasteiger partial charge in [0, 0.05) is 6.42 Å². The summed E-state index contributed by atoms with van der Waals surface area (Å²) in [6, 6.07) is 4.68. The van der Waals surface area contributed by atoms with Crippen LogP contribution in [0.25, 0.3) is 0 Å². The van der Waals surface area contributed by atoms with E-state index in [1.807, 2.05) is 0 Å². The molecule has 0 aliphatic carbocycles. The summed E-state index contributed by atoms with van der Waals surface area (Å²) in [5.41, 5.74) is 0. The zero-order chi connectivity index (χ0) is 11.5. The lowest BCUT2D eigenvalue weighted by Crippen LogP contribution is -2.47. The number of hydrogen-bond acceptors (Lipinski definition) is 4. The maximum Gasteiger partial charge on any atom is 0.249 e. The highest BCUT2D eigenvalue weighted by Gasteiger charge is 2.26. The van der Waals surface area contributed by atoms with Crippen molar-refractivity contribution in [2.75, 3.05) is 5.32 Å². The number of aromatic nitrogens is 1. The van der Waals surface area contributed by atoms with Gasteiger partial charge in [-0.25, -0.2) is 4.98 Å². The van der Waals surface area contributed by atoms with Gasteiger partial charge in [-0.05, 0) is 18.6 Å². The first kappa shape index (κ1) is 10.9. The lowest BCUT2D eigenvalue weighted by Gasteiger charge is -2.22. The van der Waals surface area contributed by atoms with Crippen LogP contribution in [0.5, 0.6) is 0 Å². The molecule has 1 aliphatic rings. The van der Waals surface area contributed by atoms with Gasteiger partial charge in [0.2, 0.25) is 11.8 Å². The molecule has 0 aromatic carbocycles. The Hall–Kier alpha value is -1.62. The van der Waals surface area contributed by atoms with Gasteiger partial charge in [0.15, 0.2) is 0 Å². The quantitative estimate of drug-likeness (QED) is 0.596. The second kappa shape index (κ2) is 4.49. The fourth-order valence-corrected chi connectivity index (χ4v) is 1.66. The number of carbonyl (C=O) groups excluding carboxylic acids is 2. The van der Waals surface area contributed by atoms with Crippen molar-refractivity contribution in [3.05, 3.63) is 23.4 Å². The van der Waals surface area contributed by atoms with E-state index in [2.05, 4.69) is 15.6 Å². The molecule has 2 amide bonds. The topological polar surface area (TPSA) is 71.1 Å². The van der Waals surface area contributed by atoms with Crippen LogP contribution in [0.4, 0.5) is 5.82 Å². The number of halogens is 1. The number of imide groups is 1. The lowest BCUT2D eigenvalue weighted by molar-refractivity contribution is -0.133. The smallest absolute Gasteiger partial charge is 0.249 e. The van der Waals surface area contributed by atoms with Crippen molar-refractivity contribution in [2.24, 2.45) is 0 Å². The number of pyridine rings is 1. The minimum Gasteiger partial charge on any atom is -0.358 e. The van der Waals surface area contributed by atoms with Gasteiger partial charge in [0.05, 0.1) is 0 Å². The van der Waals surface area contributed by atoms with Crippen LogP contribution in [-0.2, 0) is 9.59 Å². The number of nitrogens with zero attached hydrogens (tertiary/aromatic N) is 1. The number of anilines is 1. The highest BCUT2D eigenvalue weighted by Crippen LogP contribution is 2.13. The SMILES string of the molecule is O=C1CCC(Nc2cccc(Cl)n2)C(=O)N1. The largest absolute Gasteiger partial charge is 0.358 e. The first-order valence-corrected chi connectivity index (χ1v) is 5.26. The Balaban J connectivity index is 2.05. The van der Waals surface area contributed by atoms with Crippen molar-refractivity contribution in [1.29, 1.82) is 0 Å². The van der Waals surface area contributed by atoms with Gasteiger partial charge in [-0.15, -0.1) is 0 Å². The first-order valence-electron chi connectivity index (χ1n) is 4.88. The minimum absolute atomic E-state index is 0.234. The van der Waals surface area contributed by atoms with Gasteiger partial charge in [0.1, 0.15) is 17.0 Å². The molecule has 16 heavy (non-hydrogen) atoms. The second-order valence-electron chi connectivity index (χ2n) is 3.49.